The average Bonchev–Trinajstić information content (AvgIpc) is 2.77. The van der Waals surface area contributed by atoms with Gasteiger partial charge in [-0.25, -0.2) is 5.14 Å². The highest BCUT2D eigenvalue weighted by Gasteiger charge is 2.10. The summed E-state index contributed by atoms with van der Waals surface area (Å²) in [5.74, 6) is 0.766. The number of nitrogens with two attached hydrogens (primary N) is 1. The summed E-state index contributed by atoms with van der Waals surface area (Å²) in [4.78, 5) is 11.0. The van der Waals surface area contributed by atoms with Crippen LogP contribution < -0.4 is 25.0 Å². The third-order valence-electron chi connectivity index (χ3n) is 4.13. The van der Waals surface area contributed by atoms with Crippen LogP contribution in [0.25, 0.3) is 0 Å². The largest absolute Gasteiger partial charge is 0.457 e. The molecule has 0 aliphatic carbocycles. The maximum atomic E-state index is 11.2. The first-order chi connectivity index (χ1) is 16.4. The molecule has 0 spiro atoms. The summed E-state index contributed by atoms with van der Waals surface area (Å²) in [6.45, 7) is 3.91. The van der Waals surface area contributed by atoms with Gasteiger partial charge >= 0.3 is 0 Å². The summed E-state index contributed by atoms with van der Waals surface area (Å²) >= 11 is 0. The predicted molar refractivity (Wildman–Crippen MR) is 133 cm³/mol. The summed E-state index contributed by atoms with van der Waals surface area (Å²) in [7, 11) is -7.85. The third kappa shape index (κ3) is 10.0. The summed E-state index contributed by atoms with van der Waals surface area (Å²) in [5.41, 5.74) is 3.92. The molecular weight excluding hydrogens is 496 g/mol. The van der Waals surface area contributed by atoms with E-state index in [4.69, 9.17) is 14.4 Å². The van der Waals surface area contributed by atoms with Crippen molar-refractivity contribution >= 4 is 37.6 Å². The first-order valence-corrected chi connectivity index (χ1v) is 13.1. The number of benzene rings is 3. The van der Waals surface area contributed by atoms with E-state index in [0.29, 0.717) is 23.7 Å². The highest BCUT2D eigenvalue weighted by Crippen LogP contribution is 2.26. The number of nitrogens with one attached hydrogen (secondary N) is 2. The van der Waals surface area contributed by atoms with Crippen LogP contribution in [0.4, 0.5) is 11.4 Å². The monoisotopic (exact) mass is 522 g/mol. The van der Waals surface area contributed by atoms with Crippen molar-refractivity contribution in [3.05, 3.63) is 78.9 Å². The Labute approximate surface area is 204 Å². The highest BCUT2D eigenvalue weighted by molar-refractivity contribution is 7.90. The van der Waals surface area contributed by atoms with Crippen molar-refractivity contribution in [1.29, 1.82) is 0 Å². The Morgan fingerprint density at radius 1 is 0.943 bits per heavy atom. The second kappa shape index (κ2) is 12.2. The molecule has 188 valence electrons. The van der Waals surface area contributed by atoms with E-state index in [2.05, 4.69) is 10.1 Å². The van der Waals surface area contributed by atoms with Crippen molar-refractivity contribution in [3.63, 3.8) is 0 Å². The second-order valence-corrected chi connectivity index (χ2v) is 9.69. The molecule has 0 radical (unpaired) electrons. The van der Waals surface area contributed by atoms with E-state index in [1.165, 1.54) is 31.2 Å². The van der Waals surface area contributed by atoms with E-state index in [0.717, 1.165) is 5.69 Å². The maximum absolute atomic E-state index is 11.2. The van der Waals surface area contributed by atoms with Crippen LogP contribution in [0.15, 0.2) is 83.8 Å². The Hall–Kier alpha value is -3.65. The molecule has 3 aromatic carbocycles. The molecule has 0 saturated carbocycles. The number of anilines is 2. The summed E-state index contributed by atoms with van der Waals surface area (Å²) in [5, 5.41) is 6.41. The number of amides is 1. The summed E-state index contributed by atoms with van der Waals surface area (Å²) in [6, 6.07) is 20.9. The molecule has 3 aromatic rings. The Balaban J connectivity index is 0.000000328. The molecule has 0 atom stereocenters. The predicted octanol–water partition coefficient (Wildman–Crippen LogP) is 2.91. The third-order valence-corrected chi connectivity index (χ3v) is 5.52. The smallest absolute Gasteiger partial charge is 0.296 e. The van der Waals surface area contributed by atoms with Gasteiger partial charge in [0.1, 0.15) is 11.5 Å². The van der Waals surface area contributed by atoms with Crippen molar-refractivity contribution < 1.29 is 30.9 Å². The van der Waals surface area contributed by atoms with E-state index in [1.807, 2.05) is 13.0 Å². The van der Waals surface area contributed by atoms with Crippen LogP contribution in [0.5, 0.6) is 11.5 Å². The molecule has 0 saturated heterocycles. The number of carbonyl (C=O) groups is 1. The van der Waals surface area contributed by atoms with Gasteiger partial charge in [0.25, 0.3) is 20.3 Å². The second-order valence-electron chi connectivity index (χ2n) is 6.97. The number of ether oxygens (including phenoxy) is 1. The minimum atomic E-state index is -4.23. The molecule has 0 aliphatic rings. The lowest BCUT2D eigenvalue weighted by atomic mass is 10.3. The SMILES string of the molecule is CCN(NC(C)=O)c1cccc(Oc2ccc(S(=O)(=O)O)cc2)c1.NS(=O)(=O)Nc1ccccc1. The van der Waals surface area contributed by atoms with Crippen molar-refractivity contribution in [2.45, 2.75) is 18.7 Å². The van der Waals surface area contributed by atoms with Gasteiger partial charge in [-0.05, 0) is 55.5 Å². The highest BCUT2D eigenvalue weighted by atomic mass is 32.2. The van der Waals surface area contributed by atoms with Gasteiger partial charge in [-0.2, -0.15) is 16.8 Å². The fraction of sp³-hybridized carbons (Fsp3) is 0.136. The Morgan fingerprint density at radius 2 is 1.57 bits per heavy atom. The van der Waals surface area contributed by atoms with Crippen molar-refractivity contribution in [2.75, 3.05) is 16.3 Å². The van der Waals surface area contributed by atoms with Gasteiger partial charge in [0.15, 0.2) is 0 Å². The maximum Gasteiger partial charge on any atom is 0.296 e. The normalized spacial score (nSPS) is 11.0. The van der Waals surface area contributed by atoms with Crippen LogP contribution in [0.1, 0.15) is 13.8 Å². The lowest BCUT2D eigenvalue weighted by molar-refractivity contribution is -0.119. The van der Waals surface area contributed by atoms with Gasteiger partial charge in [-0.3, -0.25) is 24.5 Å². The van der Waals surface area contributed by atoms with Crippen LogP contribution in [-0.2, 0) is 25.1 Å². The average molecular weight is 523 g/mol. The number of hydrazine groups is 1. The molecule has 0 aliphatic heterocycles. The fourth-order valence-corrected chi connectivity index (χ4v) is 3.66. The molecule has 0 heterocycles. The lowest BCUT2D eigenvalue weighted by Gasteiger charge is -2.23. The van der Waals surface area contributed by atoms with Crippen molar-refractivity contribution in [1.82, 2.24) is 5.43 Å². The van der Waals surface area contributed by atoms with Gasteiger partial charge in [0.2, 0.25) is 5.91 Å². The quantitative estimate of drug-likeness (QED) is 0.259. The van der Waals surface area contributed by atoms with Crippen LogP contribution in [-0.4, -0.2) is 33.8 Å². The zero-order valence-corrected chi connectivity index (χ0v) is 20.6. The van der Waals surface area contributed by atoms with Crippen LogP contribution >= 0.6 is 0 Å². The van der Waals surface area contributed by atoms with Crippen LogP contribution in [0.3, 0.4) is 0 Å². The molecule has 0 bridgehead atoms. The van der Waals surface area contributed by atoms with Crippen molar-refractivity contribution in [3.8, 4) is 11.5 Å². The van der Waals surface area contributed by atoms with Gasteiger partial charge in [0, 0.05) is 25.2 Å². The Kier molecular flexibility index (Phi) is 9.59. The van der Waals surface area contributed by atoms with Crippen molar-refractivity contribution in [2.24, 2.45) is 5.14 Å². The molecule has 1 amide bonds. The molecule has 0 aromatic heterocycles. The number of hydrogen-bond acceptors (Lipinski definition) is 7. The molecule has 0 fully saturated rings. The molecule has 5 N–H and O–H groups in total. The number of hydrogen-bond donors (Lipinski definition) is 4. The van der Waals surface area contributed by atoms with E-state index in [9.17, 15) is 21.6 Å². The fourth-order valence-electron chi connectivity index (χ4n) is 2.72. The van der Waals surface area contributed by atoms with Crippen LogP contribution in [0, 0.1) is 0 Å². The van der Waals surface area contributed by atoms with E-state index in [-0.39, 0.29) is 10.8 Å². The number of nitrogens with zero attached hydrogens (tertiary/aromatic N) is 1. The molecule has 13 heteroatoms. The first kappa shape index (κ1) is 27.6. The molecule has 0 unspecified atom stereocenters. The first-order valence-electron chi connectivity index (χ1n) is 10.1. The number of rotatable bonds is 8. The Morgan fingerprint density at radius 3 is 2.09 bits per heavy atom. The number of para-hydroxylation sites is 1. The van der Waals surface area contributed by atoms with Gasteiger partial charge in [-0.15, -0.1) is 0 Å². The summed E-state index contributed by atoms with van der Waals surface area (Å²) < 4.78 is 59.7. The van der Waals surface area contributed by atoms with Gasteiger partial charge in [-0.1, -0.05) is 24.3 Å². The standard InChI is InChI=1S/C16H18N2O5S.C6H8N2O2S/c1-3-18(17-12(2)19)13-5-4-6-15(11-13)23-14-7-9-16(10-8-14)24(20,21)22;7-11(9,10)8-6-4-2-1-3-5-6/h4-11H,3H2,1-2H3,(H,17,19)(H,20,21,22);1-5,8H,(H2,7,9,10). The number of carbonyl (C=O) groups excluding carboxylic acids is 1. The zero-order chi connectivity index (χ0) is 26.1. The summed E-state index contributed by atoms with van der Waals surface area (Å²) in [6.07, 6.45) is 0. The molecule has 3 rings (SSSR count). The van der Waals surface area contributed by atoms with Gasteiger partial charge < -0.3 is 4.74 Å². The topological polar surface area (TPSA) is 168 Å². The molecular formula is C22H26N4O7S2. The van der Waals surface area contributed by atoms with Crippen LogP contribution in [0.2, 0.25) is 0 Å². The van der Waals surface area contributed by atoms with Gasteiger partial charge in [0.05, 0.1) is 10.6 Å². The van der Waals surface area contributed by atoms with E-state index in [1.54, 1.807) is 53.5 Å². The van der Waals surface area contributed by atoms with E-state index >= 15 is 0 Å². The molecule has 11 nitrogen and oxygen atoms in total. The lowest BCUT2D eigenvalue weighted by Crippen LogP contribution is -2.40. The Bertz CT molecular complexity index is 1330. The minimum Gasteiger partial charge on any atom is -0.457 e. The zero-order valence-electron chi connectivity index (χ0n) is 19.0. The minimum absolute atomic E-state index is 0.177. The molecule has 35 heavy (non-hydrogen) atoms. The van der Waals surface area contributed by atoms with E-state index < -0.39 is 20.3 Å².